The molecule has 0 rings (SSSR count). The van der Waals surface area contributed by atoms with Crippen LogP contribution in [0.4, 0.5) is 26.3 Å². The number of halogens is 12. The molecule has 0 saturated carbocycles. The maximum atomic E-state index is 10.4. The third kappa shape index (κ3) is 884. The number of rotatable bonds is 0. The van der Waals surface area contributed by atoms with E-state index in [1.807, 2.05) is 9.86 Å². The van der Waals surface area contributed by atoms with Crippen LogP contribution >= 0.6 is 136 Å². The Labute approximate surface area is 226 Å². The predicted molar refractivity (Wildman–Crippen MR) is 150 cm³/mol. The molecule has 0 atom stereocenters. The van der Waals surface area contributed by atoms with Crippen LogP contribution in [0.15, 0.2) is 0 Å². The summed E-state index contributed by atoms with van der Waals surface area (Å²) < 4.78 is 67.7. The lowest BCUT2D eigenvalue weighted by Gasteiger charge is -1.88. The number of hydrogen-bond donors (Lipinski definition) is 0. The van der Waals surface area contributed by atoms with Gasteiger partial charge in [-0.2, -0.15) is 80.3 Å². The molecule has 0 fully saturated rings. The average molecular weight is 1020 g/mol. The SMILES string of the molecule is CC(F)(F)F.CC(F)F.CCF.CI.CI.[2H]I.[B]I.[B]I.[B]I. The molecule has 0 heterocycles. The van der Waals surface area contributed by atoms with Gasteiger partial charge in [-0.25, -0.2) is 8.78 Å². The molecule has 0 saturated heterocycles. The van der Waals surface area contributed by atoms with E-state index in [4.69, 9.17) is 0.594 Å². The third-order valence-corrected chi connectivity index (χ3v) is 0. The van der Waals surface area contributed by atoms with Crippen LogP contribution < -0.4 is 0 Å². The Morgan fingerprint density at radius 3 is 0.913 bits per heavy atom. The van der Waals surface area contributed by atoms with E-state index < -0.39 is 12.6 Å². The first-order valence-corrected chi connectivity index (χ1v) is 12.5. The van der Waals surface area contributed by atoms with Crippen molar-refractivity contribution >= 4 is 153 Å². The van der Waals surface area contributed by atoms with Gasteiger partial charge in [-0.1, -0.05) is 45.2 Å². The summed E-state index contributed by atoms with van der Waals surface area (Å²) in [5.41, 5.74) is 13.4. The Bertz CT molecular complexity index is 96.4. The second-order valence-electron chi connectivity index (χ2n) is 1.57. The van der Waals surface area contributed by atoms with Crippen molar-refractivity contribution in [2.24, 2.45) is 0 Å². The molecule has 0 aliphatic carbocycles. The highest BCUT2D eigenvalue weighted by atomic mass is 127. The smallest absolute Gasteiger partial charge is 0.251 e. The first kappa shape index (κ1) is 50.6. The van der Waals surface area contributed by atoms with Crippen LogP contribution in [0.25, 0.3) is 0 Å². The topological polar surface area (TPSA) is 0 Å². The number of hydrogen-bond acceptors (Lipinski definition) is 0. The van der Waals surface area contributed by atoms with Gasteiger partial charge >= 0.3 is 6.18 Å². The van der Waals surface area contributed by atoms with Crippen LogP contribution in [0.1, 0.15) is 20.8 Å². The minimum Gasteiger partial charge on any atom is -0.251 e. The van der Waals surface area contributed by atoms with Gasteiger partial charge in [-0.3, -0.25) is 4.39 Å². The summed E-state index contributed by atoms with van der Waals surface area (Å²) in [5.74, 6) is 0. The molecule has 23 heavy (non-hydrogen) atoms. The second kappa shape index (κ2) is 82.6. The zero-order valence-electron chi connectivity index (χ0n) is 14.1. The van der Waals surface area contributed by atoms with Gasteiger partial charge in [0.05, 0.1) is 6.67 Å². The van der Waals surface area contributed by atoms with Crippen molar-refractivity contribution in [3.8, 4) is 0 Å². The van der Waals surface area contributed by atoms with E-state index >= 15 is 0 Å². The molecule has 0 aromatic carbocycles. The minimum atomic E-state index is -4.00. The largest absolute Gasteiger partial charge is 0.386 e. The highest BCUT2D eigenvalue weighted by Crippen LogP contribution is 2.10. The fourth-order valence-corrected chi connectivity index (χ4v) is 0. The van der Waals surface area contributed by atoms with Crippen LogP contribution in [0, 0.1) is 0 Å². The van der Waals surface area contributed by atoms with Crippen molar-refractivity contribution in [2.45, 2.75) is 33.4 Å². The van der Waals surface area contributed by atoms with Crippen LogP contribution in [-0.2, 0) is 0 Å². The summed E-state index contributed by atoms with van der Waals surface area (Å²) in [5, 5.41) is 0. The van der Waals surface area contributed by atoms with Crippen molar-refractivity contribution in [3.63, 3.8) is 0 Å². The van der Waals surface area contributed by atoms with Crippen LogP contribution in [0.3, 0.4) is 0 Å². The summed E-state index contributed by atoms with van der Waals surface area (Å²) >= 11 is 10.7. The van der Waals surface area contributed by atoms with Crippen molar-refractivity contribution in [3.05, 3.63) is 0 Å². The Hall–Kier alpha value is 4.15. The van der Waals surface area contributed by atoms with Gasteiger partial charge in [-0.05, 0) is 23.7 Å². The summed E-state index contributed by atoms with van der Waals surface area (Å²) in [7, 11) is 0. The molecule has 0 N–H and O–H groups in total. The monoisotopic (exact) mass is 1020 g/mol. The minimum absolute atomic E-state index is 0.188. The van der Waals surface area contributed by atoms with Gasteiger partial charge in [0.25, 0.3) is 0 Å². The van der Waals surface area contributed by atoms with E-state index in [1.165, 1.54) is 30.7 Å². The number of alkyl halides is 8. The first-order valence-electron chi connectivity index (χ1n) is 4.84. The van der Waals surface area contributed by atoms with Gasteiger partial charge in [-0.15, -0.1) is 23.8 Å². The zero-order chi connectivity index (χ0) is 22.8. The van der Waals surface area contributed by atoms with E-state index in [2.05, 4.69) is 62.3 Å². The lowest BCUT2D eigenvalue weighted by atomic mass is 10.8. The molecule has 0 aliphatic heterocycles. The highest BCUT2D eigenvalue weighted by molar-refractivity contribution is 14.1. The maximum Gasteiger partial charge on any atom is 0.386 e. The molecule has 0 bridgehead atoms. The molecule has 0 aromatic heterocycles. The van der Waals surface area contributed by atoms with Crippen molar-refractivity contribution < 1.29 is 26.3 Å². The lowest BCUT2D eigenvalue weighted by Crippen LogP contribution is -1.95. The zero-order valence-corrected chi connectivity index (χ0v) is 26.0. The van der Waals surface area contributed by atoms with Gasteiger partial charge in [0.2, 0.25) is 6.43 Å². The summed E-state index contributed by atoms with van der Waals surface area (Å²) in [6.07, 6.45) is -6.17. The summed E-state index contributed by atoms with van der Waals surface area (Å²) in [6, 6.07) is 0. The molecule has 144 valence electrons. The first-order chi connectivity index (χ1) is 11.1. The van der Waals surface area contributed by atoms with Crippen molar-refractivity contribution in [1.82, 2.24) is 0 Å². The Balaban J connectivity index is -0.0000000156. The molecule has 0 aliphatic rings. The van der Waals surface area contributed by atoms with Crippen LogP contribution in [0.5, 0.6) is 0 Å². The fraction of sp³-hybridized carbons (Fsp3) is 1.00. The molecule has 0 amide bonds. The van der Waals surface area contributed by atoms with E-state index in [-0.39, 0.29) is 13.6 Å². The molecular formula is C8H19B3F6I6. The summed E-state index contributed by atoms with van der Waals surface area (Å²) in [6.45, 7) is 2.23. The molecule has 0 aromatic rings. The standard InChI is InChI=1S/C2H3F3.C2H4F2.C2H5F.2CH3I.3BI.HI/c1-2(3,4)5;1-2(3)4;1-2-3;5*1-2;/h1H3;2H,1H3;2H2,1H3;2*1H3;;;;1H/i/hD. The maximum absolute atomic E-state index is 10.4. The van der Waals surface area contributed by atoms with Crippen LogP contribution in [-0.4, -0.2) is 46.8 Å². The fourth-order valence-electron chi connectivity index (χ4n) is 0. The van der Waals surface area contributed by atoms with Gasteiger partial charge in [0.15, 0.2) is 17.1 Å². The van der Waals surface area contributed by atoms with E-state index in [1.54, 1.807) is 67.1 Å². The Morgan fingerprint density at radius 2 is 0.913 bits per heavy atom. The summed E-state index contributed by atoms with van der Waals surface area (Å²) in [4.78, 5) is 3.94. The van der Waals surface area contributed by atoms with E-state index in [0.29, 0.717) is 0 Å². The molecule has 0 unspecified atom stereocenters. The third-order valence-electron chi connectivity index (χ3n) is 0. The molecule has 6 radical (unpaired) electrons. The van der Waals surface area contributed by atoms with Gasteiger partial charge < -0.3 is 0 Å². The Kier molecular flexibility index (Phi) is 182. The molecule has 15 heteroatoms. The second-order valence-corrected chi connectivity index (χ2v) is 1.57. The van der Waals surface area contributed by atoms with Gasteiger partial charge in [0, 0.05) is 6.92 Å². The van der Waals surface area contributed by atoms with Crippen molar-refractivity contribution in [2.75, 3.05) is 16.5 Å². The van der Waals surface area contributed by atoms with E-state index in [9.17, 15) is 26.3 Å². The molecule has 0 nitrogen and oxygen atoms in total. The normalized spacial score (nSPS) is 6.43. The quantitative estimate of drug-likeness (QED) is 0.0999. The Morgan fingerprint density at radius 1 is 0.913 bits per heavy atom. The van der Waals surface area contributed by atoms with Crippen molar-refractivity contribution in [1.29, 1.82) is 0.594 Å². The van der Waals surface area contributed by atoms with Crippen LogP contribution in [0.2, 0.25) is 0 Å². The predicted octanol–water partition coefficient (Wildman–Crippen LogP) is 8.05. The van der Waals surface area contributed by atoms with Gasteiger partial charge in [0.1, 0.15) is 0.594 Å². The molecular weight excluding hydrogens is 1000 g/mol. The molecule has 0 spiro atoms. The highest BCUT2D eigenvalue weighted by Gasteiger charge is 2.15. The van der Waals surface area contributed by atoms with E-state index in [0.717, 1.165) is 6.92 Å². The lowest BCUT2D eigenvalue weighted by molar-refractivity contribution is -0.110. The average Bonchev–Trinajstić information content (AvgIpc) is 2.57.